The summed E-state index contributed by atoms with van der Waals surface area (Å²) in [7, 11) is 2.12. The monoisotopic (exact) mass is 604 g/mol. The van der Waals surface area contributed by atoms with E-state index in [0.29, 0.717) is 35.9 Å². The Labute approximate surface area is 246 Å². The second-order valence-corrected chi connectivity index (χ2v) is 12.0. The van der Waals surface area contributed by atoms with E-state index in [4.69, 9.17) is 4.42 Å². The second kappa shape index (κ2) is 11.7. The molecule has 42 heavy (non-hydrogen) atoms. The molecule has 2 aliphatic heterocycles. The number of halogens is 3. The van der Waals surface area contributed by atoms with E-state index in [1.54, 1.807) is 0 Å². The minimum Gasteiger partial charge on any atom is -0.422 e. The normalized spacial score (nSPS) is 17.9. The molecule has 2 aromatic carbocycles. The Morgan fingerprint density at radius 2 is 1.93 bits per heavy atom. The van der Waals surface area contributed by atoms with Gasteiger partial charge in [-0.15, -0.1) is 13.2 Å². The van der Waals surface area contributed by atoms with Gasteiger partial charge in [-0.3, -0.25) is 4.79 Å². The molecular formula is C30H35F3N4O4S. The third kappa shape index (κ3) is 5.92. The number of fused-ring (bicyclic) bond motifs is 3. The van der Waals surface area contributed by atoms with Crippen LogP contribution in [0.1, 0.15) is 46.5 Å². The first-order valence-electron chi connectivity index (χ1n) is 14.0. The molecule has 1 fully saturated rings. The van der Waals surface area contributed by atoms with E-state index in [1.807, 2.05) is 20.8 Å². The summed E-state index contributed by atoms with van der Waals surface area (Å²) >= 11 is 1.21. The molecule has 1 atom stereocenters. The quantitative estimate of drug-likeness (QED) is 0.283. The van der Waals surface area contributed by atoms with Gasteiger partial charge in [0.1, 0.15) is 5.58 Å². The van der Waals surface area contributed by atoms with E-state index in [-0.39, 0.29) is 17.8 Å². The van der Waals surface area contributed by atoms with Crippen LogP contribution in [-0.4, -0.2) is 67.1 Å². The number of hydrogen-bond donors (Lipinski definition) is 1. The minimum atomic E-state index is -4.92. The first-order valence-corrected chi connectivity index (χ1v) is 15.0. The van der Waals surface area contributed by atoms with Crippen LogP contribution in [0.4, 0.5) is 24.5 Å². The van der Waals surface area contributed by atoms with Crippen LogP contribution in [0.15, 0.2) is 33.5 Å². The summed E-state index contributed by atoms with van der Waals surface area (Å²) in [6.07, 6.45) is -4.50. The van der Waals surface area contributed by atoms with Gasteiger partial charge in [0.25, 0.3) is 5.91 Å². The maximum atomic E-state index is 13.4. The summed E-state index contributed by atoms with van der Waals surface area (Å²) < 4.78 is 52.2. The lowest BCUT2D eigenvalue weighted by atomic mass is 9.92. The van der Waals surface area contributed by atoms with Crippen LogP contribution in [0.2, 0.25) is 0 Å². The van der Waals surface area contributed by atoms with Gasteiger partial charge in [0.05, 0.1) is 17.8 Å². The molecule has 5 rings (SSSR count). The summed E-state index contributed by atoms with van der Waals surface area (Å²) in [6, 6.07) is 6.48. The van der Waals surface area contributed by atoms with E-state index < -0.39 is 23.6 Å². The van der Waals surface area contributed by atoms with Gasteiger partial charge in [-0.2, -0.15) is 0 Å². The lowest BCUT2D eigenvalue weighted by molar-refractivity contribution is -0.274. The molecule has 1 unspecified atom stereocenters. The van der Waals surface area contributed by atoms with Crippen LogP contribution in [0, 0.1) is 13.8 Å². The van der Waals surface area contributed by atoms with Gasteiger partial charge in [-0.25, -0.2) is 4.79 Å². The Hall–Kier alpha value is -3.38. The Morgan fingerprint density at radius 3 is 2.62 bits per heavy atom. The fraction of sp³-hybridized carbons (Fsp3) is 0.467. The molecule has 1 aromatic heterocycles. The molecule has 1 amide bonds. The highest BCUT2D eigenvalue weighted by Crippen LogP contribution is 2.37. The number of alkyl halides is 3. The van der Waals surface area contributed by atoms with Gasteiger partial charge in [-0.05, 0) is 69.6 Å². The number of hydrogen-bond acceptors (Lipinski definition) is 8. The van der Waals surface area contributed by atoms with Crippen molar-refractivity contribution in [2.75, 3.05) is 48.6 Å². The maximum Gasteiger partial charge on any atom is 0.573 e. The lowest BCUT2D eigenvalue weighted by Gasteiger charge is -2.40. The molecular weight excluding hydrogens is 569 g/mol. The van der Waals surface area contributed by atoms with Crippen LogP contribution >= 0.6 is 11.9 Å². The molecule has 226 valence electrons. The molecule has 12 heteroatoms. The Bertz CT molecular complexity index is 1580. The average Bonchev–Trinajstić information content (AvgIpc) is 2.94. The van der Waals surface area contributed by atoms with Crippen molar-refractivity contribution in [1.29, 1.82) is 0 Å². The number of likely N-dealkylation sites (N-methyl/N-ethyl adjacent to an activating group) is 1. The fourth-order valence-corrected chi connectivity index (χ4v) is 6.27. The second-order valence-electron chi connectivity index (χ2n) is 10.9. The van der Waals surface area contributed by atoms with Crippen molar-refractivity contribution in [3.05, 3.63) is 62.5 Å². The number of aryl methyl sites for hydroxylation is 2. The van der Waals surface area contributed by atoms with Crippen molar-refractivity contribution >= 4 is 40.2 Å². The van der Waals surface area contributed by atoms with Crippen molar-refractivity contribution in [2.24, 2.45) is 0 Å². The molecule has 1 saturated heterocycles. The van der Waals surface area contributed by atoms with Crippen LogP contribution in [0.25, 0.3) is 11.0 Å². The standard InChI is InChI=1S/C30H35F3N4O4S/c1-6-42-34-23-8-7-20(14-25(23)41-30(31,32)33)28(38)37-10-9-21-22(16-37)29(39)40-27-19(4)24(13-17(2)26(21)27)36-12-11-35(5)18(3)15-36/h7-8,13-14,18,34H,6,9-12,15-16H2,1-5H3. The predicted octanol–water partition coefficient (Wildman–Crippen LogP) is 5.73. The lowest BCUT2D eigenvalue weighted by Crippen LogP contribution is -2.50. The van der Waals surface area contributed by atoms with E-state index >= 15 is 0 Å². The molecule has 0 spiro atoms. The molecule has 3 aromatic rings. The Kier molecular flexibility index (Phi) is 8.39. The number of amides is 1. The van der Waals surface area contributed by atoms with Gasteiger partial charge in [0.2, 0.25) is 0 Å². The van der Waals surface area contributed by atoms with Gasteiger partial charge in [-0.1, -0.05) is 18.9 Å². The molecule has 1 N–H and O–H groups in total. The molecule has 0 saturated carbocycles. The molecule has 3 heterocycles. The summed E-state index contributed by atoms with van der Waals surface area (Å²) in [5, 5.41) is 0.893. The Morgan fingerprint density at radius 1 is 1.17 bits per heavy atom. The van der Waals surface area contributed by atoms with Crippen molar-refractivity contribution in [3.8, 4) is 5.75 Å². The zero-order valence-electron chi connectivity index (χ0n) is 24.4. The van der Waals surface area contributed by atoms with E-state index in [2.05, 4.69) is 39.3 Å². The first kappa shape index (κ1) is 30.1. The SMILES string of the molecule is CCSNc1ccc(C(=O)N2CCc3c(c(=O)oc4c(C)c(N5CCN(C)C(C)C5)cc(C)c34)C2)cc1OC(F)(F)F. The number of piperazine rings is 1. The number of nitrogens with zero attached hydrogens (tertiary/aromatic N) is 3. The average molecular weight is 605 g/mol. The van der Waals surface area contributed by atoms with Crippen LogP contribution in [0.3, 0.4) is 0 Å². The molecule has 8 nitrogen and oxygen atoms in total. The smallest absolute Gasteiger partial charge is 0.422 e. The fourth-order valence-electron chi connectivity index (χ4n) is 5.80. The number of ether oxygens (including phenoxy) is 1. The topological polar surface area (TPSA) is 78.3 Å². The first-order chi connectivity index (χ1) is 19.9. The third-order valence-electron chi connectivity index (χ3n) is 8.16. The minimum absolute atomic E-state index is 0.00377. The number of anilines is 2. The number of carbonyl (C=O) groups is 1. The van der Waals surface area contributed by atoms with E-state index in [9.17, 15) is 22.8 Å². The van der Waals surface area contributed by atoms with Gasteiger partial charge in [0, 0.05) is 60.2 Å². The number of nitrogens with one attached hydrogen (secondary N) is 1. The van der Waals surface area contributed by atoms with Crippen LogP contribution in [0.5, 0.6) is 5.75 Å². The van der Waals surface area contributed by atoms with Crippen LogP contribution in [-0.2, 0) is 13.0 Å². The van der Waals surface area contributed by atoms with E-state index in [1.165, 1.54) is 29.0 Å². The van der Waals surface area contributed by atoms with Crippen LogP contribution < -0.4 is 20.0 Å². The van der Waals surface area contributed by atoms with E-state index in [0.717, 1.165) is 53.5 Å². The van der Waals surface area contributed by atoms with Gasteiger partial charge in [0.15, 0.2) is 5.75 Å². The molecule has 0 bridgehead atoms. The van der Waals surface area contributed by atoms with Crippen molar-refractivity contribution < 1.29 is 27.1 Å². The molecule has 0 aliphatic carbocycles. The van der Waals surface area contributed by atoms with Crippen molar-refractivity contribution in [1.82, 2.24) is 9.80 Å². The zero-order valence-corrected chi connectivity index (χ0v) is 25.2. The predicted molar refractivity (Wildman–Crippen MR) is 160 cm³/mol. The summed E-state index contributed by atoms with van der Waals surface area (Å²) in [4.78, 5) is 32.9. The van der Waals surface area contributed by atoms with Gasteiger partial charge < -0.3 is 28.6 Å². The summed E-state index contributed by atoms with van der Waals surface area (Å²) in [6.45, 7) is 11.0. The van der Waals surface area contributed by atoms with Crippen molar-refractivity contribution in [2.45, 2.75) is 53.1 Å². The highest BCUT2D eigenvalue weighted by atomic mass is 32.2. The number of rotatable bonds is 6. The Balaban J connectivity index is 1.45. The highest BCUT2D eigenvalue weighted by molar-refractivity contribution is 8.00. The number of carbonyl (C=O) groups excluding carboxylic acids is 1. The molecule has 2 aliphatic rings. The number of benzene rings is 2. The third-order valence-corrected chi connectivity index (χ3v) is 8.81. The highest BCUT2D eigenvalue weighted by Gasteiger charge is 2.34. The van der Waals surface area contributed by atoms with Crippen molar-refractivity contribution in [3.63, 3.8) is 0 Å². The van der Waals surface area contributed by atoms with Gasteiger partial charge >= 0.3 is 12.0 Å². The summed E-state index contributed by atoms with van der Waals surface area (Å²) in [5.41, 5.74) is 4.45. The largest absolute Gasteiger partial charge is 0.573 e. The summed E-state index contributed by atoms with van der Waals surface area (Å²) in [5.74, 6) is -0.366. The zero-order chi connectivity index (χ0) is 30.3. The maximum absolute atomic E-state index is 13.4. The molecule has 0 radical (unpaired) electrons.